The number of hydrogen-bond acceptors (Lipinski definition) is 4. The Morgan fingerprint density at radius 2 is 2.33 bits per heavy atom. The average Bonchev–Trinajstić information content (AvgIpc) is 2.70. The fourth-order valence-electron chi connectivity index (χ4n) is 1.50. The van der Waals surface area contributed by atoms with Gasteiger partial charge in [0.05, 0.1) is 16.7 Å². The largest absolute Gasteiger partial charge is 0.390 e. The number of rotatable bonds is 6. The Labute approximate surface area is 95.1 Å². The summed E-state index contributed by atoms with van der Waals surface area (Å²) in [5.74, 6) is 0. The Hall–Kier alpha value is -0.450. The average molecular weight is 229 g/mol. The van der Waals surface area contributed by atoms with E-state index in [4.69, 9.17) is 4.74 Å². The van der Waals surface area contributed by atoms with Gasteiger partial charge in [-0.2, -0.15) is 0 Å². The van der Waals surface area contributed by atoms with E-state index in [1.165, 1.54) is 0 Å². The fourth-order valence-corrected chi connectivity index (χ4v) is 2.15. The van der Waals surface area contributed by atoms with Crippen molar-refractivity contribution in [2.24, 2.45) is 0 Å². The number of hydrogen-bond donors (Lipinski definition) is 1. The van der Waals surface area contributed by atoms with Gasteiger partial charge in [-0.05, 0) is 20.3 Å². The van der Waals surface area contributed by atoms with E-state index >= 15 is 0 Å². The lowest BCUT2D eigenvalue weighted by molar-refractivity contribution is -0.110. The lowest BCUT2D eigenvalue weighted by Gasteiger charge is -2.33. The molecule has 1 heterocycles. The summed E-state index contributed by atoms with van der Waals surface area (Å²) in [6.45, 7) is 6.55. The third-order valence-corrected chi connectivity index (χ3v) is 3.53. The van der Waals surface area contributed by atoms with Crippen LogP contribution < -0.4 is 0 Å². The zero-order valence-electron chi connectivity index (χ0n) is 9.56. The zero-order chi connectivity index (χ0) is 11.3. The molecule has 0 spiro atoms. The molecule has 0 aliphatic rings. The zero-order valence-corrected chi connectivity index (χ0v) is 10.4. The minimum Gasteiger partial charge on any atom is -0.390 e. The van der Waals surface area contributed by atoms with Crippen molar-refractivity contribution < 1.29 is 9.84 Å². The molecule has 1 N–H and O–H groups in total. The van der Waals surface area contributed by atoms with Crippen LogP contribution in [0.5, 0.6) is 0 Å². The molecule has 1 aromatic rings. The van der Waals surface area contributed by atoms with Gasteiger partial charge in [-0.1, -0.05) is 6.92 Å². The van der Waals surface area contributed by atoms with Crippen molar-refractivity contribution in [2.45, 2.75) is 45.3 Å². The molecule has 0 amide bonds. The van der Waals surface area contributed by atoms with E-state index in [1.807, 2.05) is 26.2 Å². The molecule has 0 aromatic carbocycles. The van der Waals surface area contributed by atoms with Crippen LogP contribution in [0, 0.1) is 0 Å². The fraction of sp³-hybridized carbons (Fsp3) is 0.727. The van der Waals surface area contributed by atoms with Crippen LogP contribution in [0.4, 0.5) is 0 Å². The summed E-state index contributed by atoms with van der Waals surface area (Å²) in [7, 11) is 0. The van der Waals surface area contributed by atoms with Gasteiger partial charge in [0.25, 0.3) is 0 Å². The molecule has 0 aliphatic carbocycles. The van der Waals surface area contributed by atoms with Gasteiger partial charge in [-0.15, -0.1) is 11.3 Å². The van der Waals surface area contributed by atoms with Crippen LogP contribution in [0.25, 0.3) is 0 Å². The summed E-state index contributed by atoms with van der Waals surface area (Å²) >= 11 is 1.57. The van der Waals surface area contributed by atoms with Crippen LogP contribution in [0.1, 0.15) is 32.2 Å². The summed E-state index contributed by atoms with van der Waals surface area (Å²) < 4.78 is 5.62. The van der Waals surface area contributed by atoms with Crippen LogP contribution in [0.3, 0.4) is 0 Å². The second kappa shape index (κ2) is 5.58. The van der Waals surface area contributed by atoms with Gasteiger partial charge < -0.3 is 9.84 Å². The van der Waals surface area contributed by atoms with Crippen LogP contribution in [-0.2, 0) is 11.2 Å². The predicted molar refractivity (Wildman–Crippen MR) is 62.1 cm³/mol. The summed E-state index contributed by atoms with van der Waals surface area (Å²) in [6, 6.07) is 0. The molecular formula is C11H19NO2S. The third-order valence-electron chi connectivity index (χ3n) is 2.73. The smallest absolute Gasteiger partial charge is 0.0951 e. The molecule has 15 heavy (non-hydrogen) atoms. The standard InChI is InChI=1S/C11H19NO2S/c1-4-11(3,14-5-2)9(13)8-10-12-6-7-15-10/h6-7,9,13H,4-5,8H2,1-3H3. The lowest BCUT2D eigenvalue weighted by atomic mass is 9.93. The van der Waals surface area contributed by atoms with E-state index in [2.05, 4.69) is 4.98 Å². The van der Waals surface area contributed by atoms with Gasteiger partial charge in [0.15, 0.2) is 0 Å². The van der Waals surface area contributed by atoms with Crippen LogP contribution in [0.2, 0.25) is 0 Å². The van der Waals surface area contributed by atoms with E-state index in [1.54, 1.807) is 17.5 Å². The molecule has 2 atom stereocenters. The SMILES string of the molecule is CCOC(C)(CC)C(O)Cc1nccs1. The Morgan fingerprint density at radius 3 is 2.80 bits per heavy atom. The minimum absolute atomic E-state index is 0.458. The molecule has 0 bridgehead atoms. The van der Waals surface area contributed by atoms with Crippen molar-refractivity contribution in [1.29, 1.82) is 0 Å². The number of nitrogens with zero attached hydrogens (tertiary/aromatic N) is 1. The van der Waals surface area contributed by atoms with Crippen molar-refractivity contribution in [3.8, 4) is 0 Å². The molecule has 3 nitrogen and oxygen atoms in total. The van der Waals surface area contributed by atoms with Crippen molar-refractivity contribution in [3.05, 3.63) is 16.6 Å². The molecule has 4 heteroatoms. The summed E-state index contributed by atoms with van der Waals surface area (Å²) in [5.41, 5.74) is -0.458. The maximum absolute atomic E-state index is 10.1. The van der Waals surface area contributed by atoms with Gasteiger partial charge in [0.2, 0.25) is 0 Å². The maximum Gasteiger partial charge on any atom is 0.0951 e. The van der Waals surface area contributed by atoms with E-state index < -0.39 is 11.7 Å². The monoisotopic (exact) mass is 229 g/mol. The van der Waals surface area contributed by atoms with E-state index in [0.717, 1.165) is 11.4 Å². The van der Waals surface area contributed by atoms with Crippen molar-refractivity contribution in [1.82, 2.24) is 4.98 Å². The molecule has 0 fully saturated rings. The summed E-state index contributed by atoms with van der Waals surface area (Å²) in [6.07, 6.45) is 2.64. The van der Waals surface area contributed by atoms with Gasteiger partial charge in [-0.3, -0.25) is 0 Å². The molecule has 1 aromatic heterocycles. The molecule has 2 unspecified atom stereocenters. The van der Waals surface area contributed by atoms with E-state index in [0.29, 0.717) is 13.0 Å². The highest BCUT2D eigenvalue weighted by Crippen LogP contribution is 2.23. The minimum atomic E-state index is -0.492. The van der Waals surface area contributed by atoms with Crippen LogP contribution in [0.15, 0.2) is 11.6 Å². The van der Waals surface area contributed by atoms with Crippen molar-refractivity contribution in [3.63, 3.8) is 0 Å². The normalized spacial score (nSPS) is 17.3. The highest BCUT2D eigenvalue weighted by atomic mass is 32.1. The highest BCUT2D eigenvalue weighted by molar-refractivity contribution is 7.09. The quantitative estimate of drug-likeness (QED) is 0.813. The number of aliphatic hydroxyl groups is 1. The first-order valence-corrected chi connectivity index (χ1v) is 6.20. The summed E-state index contributed by atoms with van der Waals surface area (Å²) in [5, 5.41) is 13.0. The second-order valence-corrected chi connectivity index (χ2v) is 4.72. The Bertz CT molecular complexity index is 276. The lowest BCUT2D eigenvalue weighted by Crippen LogP contribution is -2.42. The molecule has 1 rings (SSSR count). The Morgan fingerprint density at radius 1 is 1.60 bits per heavy atom. The first-order valence-electron chi connectivity index (χ1n) is 5.32. The van der Waals surface area contributed by atoms with Gasteiger partial charge in [-0.25, -0.2) is 4.98 Å². The first kappa shape index (κ1) is 12.6. The second-order valence-electron chi connectivity index (χ2n) is 3.74. The van der Waals surface area contributed by atoms with E-state index in [9.17, 15) is 5.11 Å². The number of aliphatic hydroxyl groups excluding tert-OH is 1. The van der Waals surface area contributed by atoms with Gasteiger partial charge in [0.1, 0.15) is 0 Å². The predicted octanol–water partition coefficient (Wildman–Crippen LogP) is 2.25. The first-order chi connectivity index (χ1) is 7.12. The number of ether oxygens (including phenoxy) is 1. The third kappa shape index (κ3) is 3.26. The topological polar surface area (TPSA) is 42.4 Å². The molecule has 0 aliphatic heterocycles. The van der Waals surface area contributed by atoms with Crippen LogP contribution >= 0.6 is 11.3 Å². The molecule has 0 saturated heterocycles. The highest BCUT2D eigenvalue weighted by Gasteiger charge is 2.32. The molecule has 86 valence electrons. The van der Waals surface area contributed by atoms with E-state index in [-0.39, 0.29) is 0 Å². The maximum atomic E-state index is 10.1. The molecular weight excluding hydrogens is 210 g/mol. The molecule has 0 saturated carbocycles. The summed E-state index contributed by atoms with van der Waals surface area (Å²) in [4.78, 5) is 4.17. The molecule has 0 radical (unpaired) electrons. The van der Waals surface area contributed by atoms with Crippen LogP contribution in [-0.4, -0.2) is 28.4 Å². The number of thiazole rings is 1. The van der Waals surface area contributed by atoms with Gasteiger partial charge >= 0.3 is 0 Å². The Balaban J connectivity index is 2.60. The Kier molecular flexibility index (Phi) is 4.70. The van der Waals surface area contributed by atoms with Crippen molar-refractivity contribution >= 4 is 11.3 Å². The van der Waals surface area contributed by atoms with Crippen molar-refractivity contribution in [2.75, 3.05) is 6.61 Å². The number of aromatic nitrogens is 1. The van der Waals surface area contributed by atoms with Gasteiger partial charge in [0, 0.05) is 24.6 Å².